The van der Waals surface area contributed by atoms with Gasteiger partial charge in [-0.25, -0.2) is 8.42 Å². The maximum absolute atomic E-state index is 11.8. The monoisotopic (exact) mass is 303 g/mol. The molecule has 1 atom stereocenters. The van der Waals surface area contributed by atoms with Gasteiger partial charge in [-0.1, -0.05) is 26.0 Å². The van der Waals surface area contributed by atoms with E-state index in [4.69, 9.17) is 11.6 Å². The molecule has 1 aromatic carbocycles. The van der Waals surface area contributed by atoms with E-state index in [9.17, 15) is 8.42 Å². The summed E-state index contributed by atoms with van der Waals surface area (Å²) in [5.74, 6) is 1.11. The van der Waals surface area contributed by atoms with Crippen molar-refractivity contribution in [3.8, 4) is 0 Å². The van der Waals surface area contributed by atoms with Gasteiger partial charge in [0.05, 0.1) is 5.75 Å². The lowest BCUT2D eigenvalue weighted by Crippen LogP contribution is -2.16. The van der Waals surface area contributed by atoms with Crippen LogP contribution in [0.1, 0.15) is 44.6 Å². The van der Waals surface area contributed by atoms with E-state index in [1.54, 1.807) is 0 Å². The largest absolute Gasteiger partial charge is 0.284 e. The van der Waals surface area contributed by atoms with Gasteiger partial charge in [-0.2, -0.15) is 0 Å². The molecule has 0 aliphatic rings. The van der Waals surface area contributed by atoms with Gasteiger partial charge in [-0.05, 0) is 42.9 Å². The van der Waals surface area contributed by atoms with Gasteiger partial charge in [-0.15, -0.1) is 11.6 Å². The highest BCUT2D eigenvalue weighted by Crippen LogP contribution is 2.21. The minimum Gasteiger partial charge on any atom is -0.284 e. The van der Waals surface area contributed by atoms with Gasteiger partial charge < -0.3 is 0 Å². The second-order valence-corrected chi connectivity index (χ2v) is 6.97. The number of alkyl halides is 1. The molecule has 0 aliphatic carbocycles. The zero-order valence-electron chi connectivity index (χ0n) is 11.5. The molecule has 0 fully saturated rings. The Morgan fingerprint density at radius 3 is 2.37 bits per heavy atom. The zero-order valence-corrected chi connectivity index (χ0v) is 13.1. The number of rotatable bonds is 8. The van der Waals surface area contributed by atoms with Crippen molar-refractivity contribution in [1.82, 2.24) is 0 Å². The highest BCUT2D eigenvalue weighted by Gasteiger charge is 2.10. The lowest BCUT2D eigenvalue weighted by Gasteiger charge is -2.11. The number of hydrogen-bond acceptors (Lipinski definition) is 2. The van der Waals surface area contributed by atoms with E-state index in [-0.39, 0.29) is 5.75 Å². The van der Waals surface area contributed by atoms with Crippen molar-refractivity contribution >= 4 is 27.3 Å². The number of benzene rings is 1. The Bertz CT molecular complexity index is 471. The number of unbranched alkanes of at least 4 members (excludes halogenated alkanes) is 1. The van der Waals surface area contributed by atoms with Crippen LogP contribution in [0.25, 0.3) is 0 Å². The maximum atomic E-state index is 11.8. The van der Waals surface area contributed by atoms with E-state index < -0.39 is 10.0 Å². The molecule has 1 aromatic rings. The second-order valence-electron chi connectivity index (χ2n) is 4.75. The van der Waals surface area contributed by atoms with E-state index >= 15 is 0 Å². The molecule has 0 aromatic heterocycles. The fourth-order valence-corrected chi connectivity index (χ4v) is 3.10. The Kier molecular flexibility index (Phi) is 6.66. The molecule has 0 heterocycles. The Morgan fingerprint density at radius 1 is 1.21 bits per heavy atom. The zero-order chi connectivity index (χ0) is 14.3. The van der Waals surface area contributed by atoms with Crippen molar-refractivity contribution in [2.75, 3.05) is 16.4 Å². The van der Waals surface area contributed by atoms with E-state index in [0.29, 0.717) is 23.9 Å². The molecular formula is C14H22ClNO2S. The second kappa shape index (κ2) is 7.75. The van der Waals surface area contributed by atoms with Gasteiger partial charge in [-0.3, -0.25) is 4.72 Å². The van der Waals surface area contributed by atoms with E-state index in [1.165, 1.54) is 5.56 Å². The van der Waals surface area contributed by atoms with Crippen LogP contribution in [0.4, 0.5) is 5.69 Å². The third kappa shape index (κ3) is 5.83. The van der Waals surface area contributed by atoms with Crippen molar-refractivity contribution < 1.29 is 8.42 Å². The topological polar surface area (TPSA) is 46.2 Å². The summed E-state index contributed by atoms with van der Waals surface area (Å²) in [6.45, 7) is 4.30. The summed E-state index contributed by atoms with van der Waals surface area (Å²) >= 11 is 5.54. The first kappa shape index (κ1) is 16.3. The number of halogens is 1. The van der Waals surface area contributed by atoms with Crippen molar-refractivity contribution in [1.29, 1.82) is 0 Å². The summed E-state index contributed by atoms with van der Waals surface area (Å²) in [4.78, 5) is 0. The van der Waals surface area contributed by atoms with Gasteiger partial charge in [0.15, 0.2) is 0 Å². The van der Waals surface area contributed by atoms with Crippen LogP contribution >= 0.6 is 11.6 Å². The smallest absolute Gasteiger partial charge is 0.232 e. The van der Waals surface area contributed by atoms with Crippen molar-refractivity contribution in [2.24, 2.45) is 0 Å². The number of anilines is 1. The first-order valence-corrected chi connectivity index (χ1v) is 8.83. The van der Waals surface area contributed by atoms with Gasteiger partial charge in [0.25, 0.3) is 0 Å². The third-order valence-corrected chi connectivity index (χ3v) is 4.80. The highest BCUT2D eigenvalue weighted by molar-refractivity contribution is 7.92. The van der Waals surface area contributed by atoms with Crippen LogP contribution in [0, 0.1) is 0 Å². The van der Waals surface area contributed by atoms with Gasteiger partial charge >= 0.3 is 0 Å². The Morgan fingerprint density at radius 2 is 1.84 bits per heavy atom. The first-order valence-electron chi connectivity index (χ1n) is 6.65. The van der Waals surface area contributed by atoms with Crippen molar-refractivity contribution in [3.63, 3.8) is 0 Å². The van der Waals surface area contributed by atoms with Crippen LogP contribution in [0.15, 0.2) is 24.3 Å². The molecule has 0 amide bonds. The standard InChI is InChI=1S/C14H22ClNO2S/c1-3-12(2)13-6-8-14(9-7-13)16-19(17,18)11-5-4-10-15/h6-9,12,16H,3-5,10-11H2,1-2H3. The van der Waals surface area contributed by atoms with Crippen LogP contribution in [-0.2, 0) is 10.0 Å². The van der Waals surface area contributed by atoms with Gasteiger partial charge in [0.2, 0.25) is 10.0 Å². The molecule has 5 heteroatoms. The predicted molar refractivity (Wildman–Crippen MR) is 82.5 cm³/mol. The summed E-state index contributed by atoms with van der Waals surface area (Å²) in [6.07, 6.45) is 2.38. The van der Waals surface area contributed by atoms with Crippen LogP contribution in [-0.4, -0.2) is 20.1 Å². The molecule has 0 saturated heterocycles. The molecular weight excluding hydrogens is 282 g/mol. The lowest BCUT2D eigenvalue weighted by atomic mass is 9.99. The lowest BCUT2D eigenvalue weighted by molar-refractivity contribution is 0.598. The number of hydrogen-bond donors (Lipinski definition) is 1. The average Bonchev–Trinajstić information content (AvgIpc) is 2.38. The maximum Gasteiger partial charge on any atom is 0.232 e. The molecule has 0 radical (unpaired) electrons. The minimum atomic E-state index is -3.25. The van der Waals surface area contributed by atoms with E-state index in [0.717, 1.165) is 12.8 Å². The van der Waals surface area contributed by atoms with Crippen molar-refractivity contribution in [3.05, 3.63) is 29.8 Å². The first-order chi connectivity index (χ1) is 8.98. The molecule has 0 aliphatic heterocycles. The molecule has 108 valence electrons. The average molecular weight is 304 g/mol. The highest BCUT2D eigenvalue weighted by atomic mass is 35.5. The Labute approximate surface area is 121 Å². The molecule has 19 heavy (non-hydrogen) atoms. The van der Waals surface area contributed by atoms with E-state index in [1.807, 2.05) is 24.3 Å². The normalized spacial score (nSPS) is 13.2. The fraction of sp³-hybridized carbons (Fsp3) is 0.571. The summed E-state index contributed by atoms with van der Waals surface area (Å²) in [6, 6.07) is 7.59. The molecule has 1 unspecified atom stereocenters. The molecule has 0 bridgehead atoms. The summed E-state index contributed by atoms with van der Waals surface area (Å²) < 4.78 is 26.2. The van der Waals surface area contributed by atoms with Gasteiger partial charge in [0, 0.05) is 11.6 Å². The fourth-order valence-electron chi connectivity index (χ4n) is 1.73. The summed E-state index contributed by atoms with van der Waals surface area (Å²) in [7, 11) is -3.25. The Hall–Kier alpha value is -0.740. The molecule has 1 N–H and O–H groups in total. The molecule has 0 spiro atoms. The third-order valence-electron chi connectivity index (χ3n) is 3.16. The quantitative estimate of drug-likeness (QED) is 0.583. The predicted octanol–water partition coefficient (Wildman–Crippen LogP) is 3.96. The molecule has 1 rings (SSSR count). The summed E-state index contributed by atoms with van der Waals surface area (Å²) in [5, 5.41) is 0. The van der Waals surface area contributed by atoms with Crippen LogP contribution in [0.2, 0.25) is 0 Å². The van der Waals surface area contributed by atoms with Gasteiger partial charge in [0.1, 0.15) is 0 Å². The van der Waals surface area contributed by atoms with Crippen molar-refractivity contribution in [2.45, 2.75) is 39.0 Å². The Balaban J connectivity index is 2.62. The van der Waals surface area contributed by atoms with Crippen LogP contribution in [0.5, 0.6) is 0 Å². The molecule has 0 saturated carbocycles. The SMILES string of the molecule is CCC(C)c1ccc(NS(=O)(=O)CCCCCl)cc1. The van der Waals surface area contributed by atoms with E-state index in [2.05, 4.69) is 18.6 Å². The molecule has 3 nitrogen and oxygen atoms in total. The minimum absolute atomic E-state index is 0.118. The van der Waals surface area contributed by atoms with Crippen LogP contribution < -0.4 is 4.72 Å². The van der Waals surface area contributed by atoms with Crippen LogP contribution in [0.3, 0.4) is 0 Å². The summed E-state index contributed by atoms with van der Waals surface area (Å²) in [5.41, 5.74) is 1.85. The number of nitrogens with one attached hydrogen (secondary N) is 1. The number of sulfonamides is 1.